The van der Waals surface area contributed by atoms with Gasteiger partial charge in [0.05, 0.1) is 11.8 Å². The topological polar surface area (TPSA) is 154 Å². The normalized spacial score (nSPS) is 16.0. The number of ether oxygens (including phenoxy) is 1. The highest BCUT2D eigenvalue weighted by Gasteiger charge is 2.38. The first-order chi connectivity index (χ1) is 17.2. The van der Waals surface area contributed by atoms with Crippen LogP contribution in [0.1, 0.15) is 61.7 Å². The Morgan fingerprint density at radius 2 is 1.92 bits per heavy atom. The van der Waals surface area contributed by atoms with Crippen LogP contribution in [-0.2, 0) is 9.53 Å². The van der Waals surface area contributed by atoms with Gasteiger partial charge in [-0.3, -0.25) is 19.3 Å². The Balaban J connectivity index is 1.82. The van der Waals surface area contributed by atoms with Crippen LogP contribution in [-0.4, -0.2) is 41.4 Å². The molecule has 0 spiro atoms. The fourth-order valence-corrected chi connectivity index (χ4v) is 5.04. The van der Waals surface area contributed by atoms with Gasteiger partial charge in [-0.1, -0.05) is 6.07 Å². The van der Waals surface area contributed by atoms with Gasteiger partial charge in [-0.05, 0) is 80.5 Å². The molecule has 5 N–H and O–H groups in total. The van der Waals surface area contributed by atoms with E-state index >= 15 is 0 Å². The third-order valence-corrected chi connectivity index (χ3v) is 6.78. The molecule has 2 atom stereocenters. The molecular weight excluding hydrogens is 482 g/mol. The molecule has 1 fully saturated rings. The second kappa shape index (κ2) is 10.5. The number of hydrogen-bond acceptors (Lipinski definition) is 8. The minimum Gasteiger partial charge on any atom is -0.464 e. The molecule has 0 saturated carbocycles. The zero-order valence-corrected chi connectivity index (χ0v) is 21.2. The van der Waals surface area contributed by atoms with Crippen LogP contribution in [0.25, 0.3) is 0 Å². The van der Waals surface area contributed by atoms with Gasteiger partial charge in [-0.2, -0.15) is 4.37 Å². The molecule has 36 heavy (non-hydrogen) atoms. The molecule has 0 radical (unpaired) electrons. The van der Waals surface area contributed by atoms with Gasteiger partial charge in [0.25, 0.3) is 17.7 Å². The predicted octanol–water partition coefficient (Wildman–Crippen LogP) is 3.03. The van der Waals surface area contributed by atoms with Crippen LogP contribution in [0.15, 0.2) is 34.7 Å². The van der Waals surface area contributed by atoms with Crippen molar-refractivity contribution in [3.63, 3.8) is 0 Å². The maximum Gasteiger partial charge on any atom is 0.273 e. The second-order valence-corrected chi connectivity index (χ2v) is 9.66. The molecule has 1 aromatic carbocycles. The number of amides is 3. The van der Waals surface area contributed by atoms with E-state index in [9.17, 15) is 14.4 Å². The Labute approximate surface area is 212 Å². The Bertz CT molecular complexity index is 1270. The van der Waals surface area contributed by atoms with Gasteiger partial charge in [-0.25, -0.2) is 0 Å². The van der Waals surface area contributed by atoms with E-state index in [-0.39, 0.29) is 28.1 Å². The molecule has 0 unspecified atom stereocenters. The number of rotatable bonds is 8. The minimum atomic E-state index is -1.16. The summed E-state index contributed by atoms with van der Waals surface area (Å²) in [4.78, 5) is 40.8. The number of primary amides is 1. The summed E-state index contributed by atoms with van der Waals surface area (Å²) < 4.78 is 15.5. The molecule has 4 rings (SSSR count). The number of aromatic nitrogens is 1. The molecule has 3 aromatic rings. The number of nitrogen functional groups attached to an aromatic ring is 1. The lowest BCUT2D eigenvalue weighted by atomic mass is 10.1. The molecule has 1 aliphatic heterocycles. The Hall–Kier alpha value is -3.70. The molecule has 3 heterocycles. The first-order valence-corrected chi connectivity index (χ1v) is 12.4. The van der Waals surface area contributed by atoms with Crippen molar-refractivity contribution >= 4 is 40.6 Å². The summed E-state index contributed by atoms with van der Waals surface area (Å²) >= 11 is 0.758. The number of hydrogen-bond donors (Lipinski definition) is 3. The lowest BCUT2D eigenvalue weighted by Crippen LogP contribution is -2.45. The third kappa shape index (κ3) is 5.26. The van der Waals surface area contributed by atoms with E-state index in [1.165, 1.54) is 4.90 Å². The average molecular weight is 512 g/mol. The van der Waals surface area contributed by atoms with Crippen molar-refractivity contribution in [2.24, 2.45) is 5.73 Å². The summed E-state index contributed by atoms with van der Waals surface area (Å²) in [6.07, 6.45) is 1.69. The van der Waals surface area contributed by atoms with Gasteiger partial charge in [0, 0.05) is 18.8 Å². The van der Waals surface area contributed by atoms with Crippen LogP contribution in [0, 0.1) is 20.8 Å². The number of nitrogens with zero attached hydrogens (tertiary/aromatic N) is 2. The van der Waals surface area contributed by atoms with Gasteiger partial charge in [-0.15, -0.1) is 0 Å². The number of carbonyl (C=O) groups is 3. The number of furan rings is 1. The van der Waals surface area contributed by atoms with Crippen molar-refractivity contribution in [2.45, 2.75) is 45.8 Å². The standard InChI is InChI=1S/C25H29N5O5S/c1-13-9-14(2)11-16(10-13)30(25(33)22-19(26)20(23(27)31)29-36-22)21(18-7-6-15(3)35-18)24(32)28-12-17-5-4-8-34-17/h6-7,9-11,17,21H,4-5,8,12,26H2,1-3H3,(H2,27,31)(H,28,32)/t17-,21-/m0/s1. The van der Waals surface area contributed by atoms with Crippen molar-refractivity contribution in [1.82, 2.24) is 9.69 Å². The molecule has 0 aliphatic carbocycles. The Kier molecular flexibility index (Phi) is 7.41. The second-order valence-electron chi connectivity index (χ2n) is 8.89. The highest BCUT2D eigenvalue weighted by Crippen LogP contribution is 2.34. The molecule has 1 aliphatic rings. The van der Waals surface area contributed by atoms with Crippen LogP contribution < -0.4 is 21.7 Å². The number of carbonyl (C=O) groups excluding carboxylic acids is 3. The van der Waals surface area contributed by atoms with E-state index in [1.807, 2.05) is 19.9 Å². The summed E-state index contributed by atoms with van der Waals surface area (Å²) in [5, 5.41) is 2.92. The maximum atomic E-state index is 14.0. The van der Waals surface area contributed by atoms with E-state index in [0.717, 1.165) is 35.5 Å². The minimum absolute atomic E-state index is 0.00293. The first-order valence-electron chi connectivity index (χ1n) is 11.6. The number of benzene rings is 1. The monoisotopic (exact) mass is 511 g/mol. The summed E-state index contributed by atoms with van der Waals surface area (Å²) in [6, 6.07) is 7.79. The van der Waals surface area contributed by atoms with Crippen LogP contribution in [0.5, 0.6) is 0 Å². The SMILES string of the molecule is Cc1cc(C)cc(N(C(=O)c2snc(C(N)=O)c2N)[C@H](C(=O)NC[C@@H]2CCCO2)c2ccc(C)o2)c1. The molecular formula is C25H29N5O5S. The number of aryl methyl sites for hydroxylation is 3. The Morgan fingerprint density at radius 3 is 2.47 bits per heavy atom. The highest BCUT2D eigenvalue weighted by molar-refractivity contribution is 7.09. The Morgan fingerprint density at radius 1 is 1.19 bits per heavy atom. The number of nitrogens with one attached hydrogen (secondary N) is 1. The van der Waals surface area contributed by atoms with Gasteiger partial charge < -0.3 is 25.9 Å². The van der Waals surface area contributed by atoms with Gasteiger partial charge in [0.1, 0.15) is 16.4 Å². The van der Waals surface area contributed by atoms with E-state index in [1.54, 1.807) is 31.2 Å². The molecule has 2 aromatic heterocycles. The maximum absolute atomic E-state index is 14.0. The first kappa shape index (κ1) is 25.4. The molecule has 11 heteroatoms. The average Bonchev–Trinajstić information content (AvgIpc) is 3.56. The van der Waals surface area contributed by atoms with Gasteiger partial charge in [0.2, 0.25) is 0 Å². The third-order valence-electron chi connectivity index (χ3n) is 5.92. The van der Waals surface area contributed by atoms with E-state index < -0.39 is 23.8 Å². The highest BCUT2D eigenvalue weighted by atomic mass is 32.1. The lowest BCUT2D eigenvalue weighted by Gasteiger charge is -2.30. The van der Waals surface area contributed by atoms with E-state index in [2.05, 4.69) is 9.69 Å². The molecule has 0 bridgehead atoms. The van der Waals surface area contributed by atoms with E-state index in [0.29, 0.717) is 24.6 Å². The molecule has 1 saturated heterocycles. The molecule has 190 valence electrons. The smallest absolute Gasteiger partial charge is 0.273 e. The van der Waals surface area contributed by atoms with Crippen molar-refractivity contribution in [1.29, 1.82) is 0 Å². The fourth-order valence-electron chi connectivity index (χ4n) is 4.30. The summed E-state index contributed by atoms with van der Waals surface area (Å²) in [5.74, 6) is -1.02. The van der Waals surface area contributed by atoms with Crippen molar-refractivity contribution in [2.75, 3.05) is 23.8 Å². The van der Waals surface area contributed by atoms with Crippen molar-refractivity contribution in [3.8, 4) is 0 Å². The van der Waals surface area contributed by atoms with Crippen molar-refractivity contribution < 1.29 is 23.5 Å². The van der Waals surface area contributed by atoms with Crippen LogP contribution in [0.4, 0.5) is 11.4 Å². The van der Waals surface area contributed by atoms with Crippen molar-refractivity contribution in [3.05, 3.63) is 63.6 Å². The molecule has 10 nitrogen and oxygen atoms in total. The zero-order valence-electron chi connectivity index (χ0n) is 20.4. The summed E-state index contributed by atoms with van der Waals surface area (Å²) in [7, 11) is 0. The van der Waals surface area contributed by atoms with E-state index in [4.69, 9.17) is 20.6 Å². The molecule has 3 amide bonds. The van der Waals surface area contributed by atoms with Crippen LogP contribution >= 0.6 is 11.5 Å². The van der Waals surface area contributed by atoms with Gasteiger partial charge >= 0.3 is 0 Å². The lowest BCUT2D eigenvalue weighted by molar-refractivity contribution is -0.123. The largest absolute Gasteiger partial charge is 0.464 e. The van der Waals surface area contributed by atoms with Crippen LogP contribution in [0.3, 0.4) is 0 Å². The summed E-state index contributed by atoms with van der Waals surface area (Å²) in [5.41, 5.74) is 13.4. The van der Waals surface area contributed by atoms with Crippen LogP contribution in [0.2, 0.25) is 0 Å². The number of anilines is 2. The zero-order chi connectivity index (χ0) is 26.0. The number of nitrogens with two attached hydrogens (primary N) is 2. The van der Waals surface area contributed by atoms with Gasteiger partial charge in [0.15, 0.2) is 11.7 Å². The predicted molar refractivity (Wildman–Crippen MR) is 136 cm³/mol. The quantitative estimate of drug-likeness (QED) is 0.420. The summed E-state index contributed by atoms with van der Waals surface area (Å²) in [6.45, 7) is 6.51. The fraction of sp³-hybridized carbons (Fsp3) is 0.360.